The highest BCUT2D eigenvalue weighted by molar-refractivity contribution is 7.98. The second kappa shape index (κ2) is 9.08. The van der Waals surface area contributed by atoms with Crippen molar-refractivity contribution in [3.05, 3.63) is 65.7 Å². The Morgan fingerprint density at radius 3 is 2.29 bits per heavy atom. The highest BCUT2D eigenvalue weighted by Crippen LogP contribution is 2.16. The molecule has 0 aromatic heterocycles. The molecule has 4 heteroatoms. The molecule has 2 aromatic carbocycles. The van der Waals surface area contributed by atoms with Crippen LogP contribution in [0, 0.1) is 0 Å². The average Bonchev–Trinajstić information content (AvgIpc) is 2.61. The normalized spacial score (nSPS) is 10.8. The van der Waals surface area contributed by atoms with Crippen LogP contribution < -0.4 is 5.32 Å². The van der Waals surface area contributed by atoms with E-state index in [4.69, 9.17) is 0 Å². The molecule has 2 rings (SSSR count). The minimum Gasteiger partial charge on any atom is -0.326 e. The van der Waals surface area contributed by atoms with Crippen LogP contribution in [0.4, 0.5) is 5.69 Å². The van der Waals surface area contributed by atoms with Crippen molar-refractivity contribution >= 4 is 35.2 Å². The molecule has 124 valence electrons. The summed E-state index contributed by atoms with van der Waals surface area (Å²) in [4.78, 5) is 24.9. The number of anilines is 1. The van der Waals surface area contributed by atoms with Crippen molar-refractivity contribution in [3.8, 4) is 0 Å². The summed E-state index contributed by atoms with van der Waals surface area (Å²) in [6.45, 7) is 1.96. The van der Waals surface area contributed by atoms with Crippen LogP contribution >= 0.6 is 11.8 Å². The first kappa shape index (κ1) is 18.0. The van der Waals surface area contributed by atoms with Crippen LogP contribution in [0.2, 0.25) is 0 Å². The van der Waals surface area contributed by atoms with E-state index >= 15 is 0 Å². The third-order valence-electron chi connectivity index (χ3n) is 3.47. The molecule has 0 aliphatic heterocycles. The number of amides is 1. The maximum absolute atomic E-state index is 12.2. The number of hydrogen-bond donors (Lipinski definition) is 1. The molecule has 0 saturated carbocycles. The second-order valence-corrected chi connectivity index (χ2v) is 6.23. The highest BCUT2D eigenvalue weighted by atomic mass is 32.2. The van der Waals surface area contributed by atoms with Crippen molar-refractivity contribution in [1.82, 2.24) is 0 Å². The van der Waals surface area contributed by atoms with Crippen molar-refractivity contribution in [1.29, 1.82) is 0 Å². The maximum atomic E-state index is 12.2. The average molecular weight is 339 g/mol. The fourth-order valence-corrected chi connectivity index (χ4v) is 2.56. The van der Waals surface area contributed by atoms with Gasteiger partial charge in [-0.05, 0) is 60.7 Å². The summed E-state index contributed by atoms with van der Waals surface area (Å²) in [7, 11) is 0. The van der Waals surface area contributed by atoms with Gasteiger partial charge in [0.25, 0.3) is 0 Å². The van der Waals surface area contributed by atoms with Crippen LogP contribution in [-0.4, -0.2) is 17.9 Å². The monoisotopic (exact) mass is 339 g/mol. The fourth-order valence-electron chi connectivity index (χ4n) is 2.15. The standard InChI is InChI=1S/C20H21NO2S/c1-3-4-20(23)21-17-10-8-16(9-11-17)19(22)14-7-15-5-12-18(24-2)13-6-15/h5-14H,3-4H2,1-2H3,(H,21,23)/b14-7+. The summed E-state index contributed by atoms with van der Waals surface area (Å²) in [5.74, 6) is -0.0689. The lowest BCUT2D eigenvalue weighted by Crippen LogP contribution is -2.10. The van der Waals surface area contributed by atoms with E-state index in [1.54, 1.807) is 42.1 Å². The Labute approximate surface area is 147 Å². The molecule has 24 heavy (non-hydrogen) atoms. The molecule has 0 spiro atoms. The molecule has 0 atom stereocenters. The second-order valence-electron chi connectivity index (χ2n) is 5.35. The first-order valence-electron chi connectivity index (χ1n) is 7.88. The van der Waals surface area contributed by atoms with Gasteiger partial charge in [-0.1, -0.05) is 25.1 Å². The number of carbonyl (C=O) groups excluding carboxylic acids is 2. The van der Waals surface area contributed by atoms with E-state index in [1.807, 2.05) is 43.5 Å². The first-order chi connectivity index (χ1) is 11.6. The lowest BCUT2D eigenvalue weighted by Gasteiger charge is -2.04. The molecule has 0 aliphatic carbocycles. The van der Waals surface area contributed by atoms with Crippen LogP contribution in [0.15, 0.2) is 59.5 Å². The number of thioether (sulfide) groups is 1. The van der Waals surface area contributed by atoms with Crippen LogP contribution in [-0.2, 0) is 4.79 Å². The molecule has 2 aromatic rings. The predicted molar refractivity (Wildman–Crippen MR) is 102 cm³/mol. The largest absolute Gasteiger partial charge is 0.326 e. The number of nitrogens with one attached hydrogen (secondary N) is 1. The van der Waals surface area contributed by atoms with Crippen molar-refractivity contribution in [2.75, 3.05) is 11.6 Å². The van der Waals surface area contributed by atoms with Gasteiger partial charge in [0, 0.05) is 22.6 Å². The molecule has 3 nitrogen and oxygen atoms in total. The van der Waals surface area contributed by atoms with Gasteiger partial charge in [-0.15, -0.1) is 11.8 Å². The lowest BCUT2D eigenvalue weighted by molar-refractivity contribution is -0.116. The van der Waals surface area contributed by atoms with Crippen molar-refractivity contribution in [3.63, 3.8) is 0 Å². The Hall–Kier alpha value is -2.33. The molecule has 0 heterocycles. The van der Waals surface area contributed by atoms with Gasteiger partial charge < -0.3 is 5.32 Å². The molecular formula is C20H21NO2S. The topological polar surface area (TPSA) is 46.2 Å². The van der Waals surface area contributed by atoms with Gasteiger partial charge in [0.1, 0.15) is 0 Å². The summed E-state index contributed by atoms with van der Waals surface area (Å²) in [5.41, 5.74) is 2.30. The molecule has 1 N–H and O–H groups in total. The Morgan fingerprint density at radius 2 is 1.71 bits per heavy atom. The van der Waals surface area contributed by atoms with Crippen LogP contribution in [0.5, 0.6) is 0 Å². The third kappa shape index (κ3) is 5.39. The smallest absolute Gasteiger partial charge is 0.224 e. The van der Waals surface area contributed by atoms with E-state index < -0.39 is 0 Å². The van der Waals surface area contributed by atoms with Gasteiger partial charge in [0.15, 0.2) is 5.78 Å². The number of ketones is 1. The summed E-state index contributed by atoms with van der Waals surface area (Å²) < 4.78 is 0. The zero-order valence-corrected chi connectivity index (χ0v) is 14.7. The third-order valence-corrected chi connectivity index (χ3v) is 4.22. The zero-order chi connectivity index (χ0) is 17.4. The minimum atomic E-state index is -0.0598. The van der Waals surface area contributed by atoms with E-state index in [0.717, 1.165) is 12.0 Å². The molecular weight excluding hydrogens is 318 g/mol. The fraction of sp³-hybridized carbons (Fsp3) is 0.200. The summed E-state index contributed by atoms with van der Waals surface area (Å²) in [6, 6.07) is 15.0. The van der Waals surface area contributed by atoms with E-state index in [9.17, 15) is 9.59 Å². The molecule has 0 saturated heterocycles. The molecule has 0 unspecified atom stereocenters. The first-order valence-corrected chi connectivity index (χ1v) is 9.11. The Balaban J connectivity index is 1.98. The van der Waals surface area contributed by atoms with Crippen molar-refractivity contribution in [2.24, 2.45) is 0 Å². The summed E-state index contributed by atoms with van der Waals surface area (Å²) in [5, 5.41) is 2.81. The Bertz CT molecular complexity index is 718. The van der Waals surface area contributed by atoms with Gasteiger partial charge >= 0.3 is 0 Å². The van der Waals surface area contributed by atoms with Crippen molar-refractivity contribution < 1.29 is 9.59 Å². The lowest BCUT2D eigenvalue weighted by atomic mass is 10.1. The quantitative estimate of drug-likeness (QED) is 0.436. The van der Waals surface area contributed by atoms with E-state index in [1.165, 1.54) is 4.90 Å². The molecule has 0 radical (unpaired) electrons. The van der Waals surface area contributed by atoms with Gasteiger partial charge in [-0.3, -0.25) is 9.59 Å². The Morgan fingerprint density at radius 1 is 1.04 bits per heavy atom. The maximum Gasteiger partial charge on any atom is 0.224 e. The van der Waals surface area contributed by atoms with E-state index in [2.05, 4.69) is 5.32 Å². The summed E-state index contributed by atoms with van der Waals surface area (Å²) in [6.07, 6.45) is 6.72. The highest BCUT2D eigenvalue weighted by Gasteiger charge is 2.04. The van der Waals surface area contributed by atoms with Crippen LogP contribution in [0.1, 0.15) is 35.7 Å². The van der Waals surface area contributed by atoms with Gasteiger partial charge in [-0.25, -0.2) is 0 Å². The molecule has 0 aliphatic rings. The van der Waals surface area contributed by atoms with Crippen LogP contribution in [0.3, 0.4) is 0 Å². The van der Waals surface area contributed by atoms with E-state index in [0.29, 0.717) is 17.7 Å². The number of rotatable bonds is 7. The van der Waals surface area contributed by atoms with Gasteiger partial charge in [-0.2, -0.15) is 0 Å². The number of carbonyl (C=O) groups is 2. The van der Waals surface area contributed by atoms with E-state index in [-0.39, 0.29) is 11.7 Å². The number of benzene rings is 2. The summed E-state index contributed by atoms with van der Waals surface area (Å²) >= 11 is 1.69. The zero-order valence-electron chi connectivity index (χ0n) is 13.9. The number of hydrogen-bond acceptors (Lipinski definition) is 3. The molecule has 1 amide bonds. The SMILES string of the molecule is CCCC(=O)Nc1ccc(C(=O)/C=C/c2ccc(SC)cc2)cc1. The van der Waals surface area contributed by atoms with Gasteiger partial charge in [0.2, 0.25) is 5.91 Å². The molecule has 0 bridgehead atoms. The van der Waals surface area contributed by atoms with Crippen LogP contribution in [0.25, 0.3) is 6.08 Å². The van der Waals surface area contributed by atoms with Crippen molar-refractivity contribution in [2.45, 2.75) is 24.7 Å². The Kier molecular flexibility index (Phi) is 6.82. The minimum absolute atomic E-state index is 0.00911. The van der Waals surface area contributed by atoms with Gasteiger partial charge in [0.05, 0.1) is 0 Å². The molecule has 0 fully saturated rings. The predicted octanol–water partition coefficient (Wildman–Crippen LogP) is 5.04. The number of allylic oxidation sites excluding steroid dienone is 1.